The van der Waals surface area contributed by atoms with Gasteiger partial charge in [0.2, 0.25) is 0 Å². The van der Waals surface area contributed by atoms with Crippen LogP contribution in [0.5, 0.6) is 0 Å². The van der Waals surface area contributed by atoms with E-state index in [1.807, 2.05) is 0 Å². The summed E-state index contributed by atoms with van der Waals surface area (Å²) in [6.45, 7) is 7.10. The number of hydrogen-bond acceptors (Lipinski definition) is 0. The van der Waals surface area contributed by atoms with E-state index in [1.54, 1.807) is 0 Å². The second-order valence-electron chi connectivity index (χ2n) is 10.1. The normalized spacial score (nSPS) is 12.5. The smallest absolute Gasteiger partial charge is 0.0443 e. The first-order chi connectivity index (χ1) is 14.3. The highest BCUT2D eigenvalue weighted by molar-refractivity contribution is 4.56. The lowest BCUT2D eigenvalue weighted by atomic mass is 9.95. The number of hydrogen-bond donors (Lipinski definition) is 0. The molecule has 0 aliphatic rings. The summed E-state index contributed by atoms with van der Waals surface area (Å²) in [6.07, 6.45) is 36.8. The molecular formula is C29H60. The molecule has 29 heavy (non-hydrogen) atoms. The van der Waals surface area contributed by atoms with Crippen LogP contribution in [0.2, 0.25) is 0 Å². The SMILES string of the molecule is CCCCCCCCCCCCCCCCCCC(C)CCCCCCCCC. The minimum atomic E-state index is 0.970. The van der Waals surface area contributed by atoms with Crippen molar-refractivity contribution in [2.45, 2.75) is 181 Å². The first-order valence-corrected chi connectivity index (χ1v) is 14.3. The fourth-order valence-electron chi connectivity index (χ4n) is 4.64. The highest BCUT2D eigenvalue weighted by atomic mass is 14.1. The lowest BCUT2D eigenvalue weighted by molar-refractivity contribution is 0.430. The van der Waals surface area contributed by atoms with Crippen molar-refractivity contribution >= 4 is 0 Å². The van der Waals surface area contributed by atoms with Crippen molar-refractivity contribution in [2.75, 3.05) is 0 Å². The summed E-state index contributed by atoms with van der Waals surface area (Å²) in [5.41, 5.74) is 0. The molecular weight excluding hydrogens is 348 g/mol. The lowest BCUT2D eigenvalue weighted by Gasteiger charge is -2.11. The van der Waals surface area contributed by atoms with Gasteiger partial charge in [-0.15, -0.1) is 0 Å². The Hall–Kier alpha value is 0. The van der Waals surface area contributed by atoms with E-state index in [0.717, 1.165) is 5.92 Å². The molecule has 0 radical (unpaired) electrons. The average Bonchev–Trinajstić information content (AvgIpc) is 2.72. The van der Waals surface area contributed by atoms with Gasteiger partial charge in [0.1, 0.15) is 0 Å². The standard InChI is InChI=1S/C29H60/c1-4-6-8-10-12-13-14-15-16-17-18-19-20-22-24-26-28-29(3)27-25-23-21-11-9-7-5-2/h29H,4-28H2,1-3H3. The highest BCUT2D eigenvalue weighted by Gasteiger charge is 2.02. The second kappa shape index (κ2) is 26.0. The Kier molecular flexibility index (Phi) is 26.0. The van der Waals surface area contributed by atoms with E-state index >= 15 is 0 Å². The van der Waals surface area contributed by atoms with Crippen LogP contribution in [0.15, 0.2) is 0 Å². The van der Waals surface area contributed by atoms with Gasteiger partial charge in [0.25, 0.3) is 0 Å². The van der Waals surface area contributed by atoms with Crippen LogP contribution in [0.25, 0.3) is 0 Å². The van der Waals surface area contributed by atoms with Crippen molar-refractivity contribution in [3.8, 4) is 0 Å². The third kappa shape index (κ3) is 26.0. The van der Waals surface area contributed by atoms with E-state index in [4.69, 9.17) is 0 Å². The predicted molar refractivity (Wildman–Crippen MR) is 136 cm³/mol. The van der Waals surface area contributed by atoms with Crippen molar-refractivity contribution < 1.29 is 0 Å². The maximum atomic E-state index is 2.49. The Labute approximate surface area is 187 Å². The summed E-state index contributed by atoms with van der Waals surface area (Å²) in [4.78, 5) is 0. The van der Waals surface area contributed by atoms with E-state index in [1.165, 1.54) is 161 Å². The summed E-state index contributed by atoms with van der Waals surface area (Å²) in [6, 6.07) is 0. The monoisotopic (exact) mass is 408 g/mol. The molecule has 1 unspecified atom stereocenters. The average molecular weight is 409 g/mol. The Morgan fingerprint density at radius 2 is 0.517 bits per heavy atom. The van der Waals surface area contributed by atoms with Crippen molar-refractivity contribution in [1.82, 2.24) is 0 Å². The van der Waals surface area contributed by atoms with Crippen molar-refractivity contribution in [3.05, 3.63) is 0 Å². The summed E-state index contributed by atoms with van der Waals surface area (Å²) in [7, 11) is 0. The van der Waals surface area contributed by atoms with Gasteiger partial charge in [-0.3, -0.25) is 0 Å². The van der Waals surface area contributed by atoms with Gasteiger partial charge in [-0.1, -0.05) is 181 Å². The van der Waals surface area contributed by atoms with Crippen LogP contribution < -0.4 is 0 Å². The summed E-state index contributed by atoms with van der Waals surface area (Å²) in [5, 5.41) is 0. The van der Waals surface area contributed by atoms with E-state index in [0.29, 0.717) is 0 Å². The molecule has 0 spiro atoms. The molecule has 0 bridgehead atoms. The lowest BCUT2D eigenvalue weighted by Crippen LogP contribution is -1.95. The van der Waals surface area contributed by atoms with Crippen LogP contribution in [-0.2, 0) is 0 Å². The molecule has 176 valence electrons. The summed E-state index contributed by atoms with van der Waals surface area (Å²) in [5.74, 6) is 0.970. The van der Waals surface area contributed by atoms with Gasteiger partial charge in [0.15, 0.2) is 0 Å². The van der Waals surface area contributed by atoms with Gasteiger partial charge in [0, 0.05) is 0 Å². The van der Waals surface area contributed by atoms with Gasteiger partial charge in [-0.05, 0) is 5.92 Å². The topological polar surface area (TPSA) is 0 Å². The first kappa shape index (κ1) is 29.0. The zero-order valence-electron chi connectivity index (χ0n) is 21.3. The van der Waals surface area contributed by atoms with Gasteiger partial charge < -0.3 is 0 Å². The minimum Gasteiger partial charge on any atom is -0.0654 e. The van der Waals surface area contributed by atoms with Gasteiger partial charge in [-0.2, -0.15) is 0 Å². The molecule has 0 aromatic carbocycles. The molecule has 0 aromatic rings. The van der Waals surface area contributed by atoms with Crippen LogP contribution in [0.4, 0.5) is 0 Å². The van der Waals surface area contributed by atoms with Gasteiger partial charge in [0.05, 0.1) is 0 Å². The van der Waals surface area contributed by atoms with Crippen LogP contribution in [-0.4, -0.2) is 0 Å². The molecule has 0 saturated carbocycles. The third-order valence-corrected chi connectivity index (χ3v) is 6.85. The van der Waals surface area contributed by atoms with E-state index in [2.05, 4.69) is 20.8 Å². The molecule has 0 heterocycles. The minimum absolute atomic E-state index is 0.970. The van der Waals surface area contributed by atoms with Crippen LogP contribution >= 0.6 is 0 Å². The van der Waals surface area contributed by atoms with Crippen LogP contribution in [0.1, 0.15) is 181 Å². The second-order valence-corrected chi connectivity index (χ2v) is 10.1. The highest BCUT2D eigenvalue weighted by Crippen LogP contribution is 2.19. The largest absolute Gasteiger partial charge is 0.0654 e. The van der Waals surface area contributed by atoms with Crippen LogP contribution in [0.3, 0.4) is 0 Å². The van der Waals surface area contributed by atoms with E-state index in [-0.39, 0.29) is 0 Å². The predicted octanol–water partition coefficient (Wildman–Crippen LogP) is 11.4. The maximum absolute atomic E-state index is 2.49. The molecule has 1 atom stereocenters. The van der Waals surface area contributed by atoms with Gasteiger partial charge in [-0.25, -0.2) is 0 Å². The summed E-state index contributed by atoms with van der Waals surface area (Å²) >= 11 is 0. The quantitative estimate of drug-likeness (QED) is 0.132. The zero-order valence-corrected chi connectivity index (χ0v) is 21.3. The molecule has 0 rings (SSSR count). The Morgan fingerprint density at radius 3 is 0.759 bits per heavy atom. The van der Waals surface area contributed by atoms with Crippen molar-refractivity contribution in [3.63, 3.8) is 0 Å². The fraction of sp³-hybridized carbons (Fsp3) is 1.00. The van der Waals surface area contributed by atoms with Gasteiger partial charge >= 0.3 is 0 Å². The molecule has 0 heteroatoms. The number of rotatable bonds is 25. The zero-order chi connectivity index (χ0) is 21.3. The Morgan fingerprint density at radius 1 is 0.310 bits per heavy atom. The first-order valence-electron chi connectivity index (χ1n) is 14.3. The van der Waals surface area contributed by atoms with Crippen molar-refractivity contribution in [2.24, 2.45) is 5.92 Å². The molecule has 0 amide bonds. The Balaban J connectivity index is 3.10. The number of unbranched alkanes of at least 4 members (excludes halogenated alkanes) is 21. The summed E-state index contributed by atoms with van der Waals surface area (Å²) < 4.78 is 0. The fourth-order valence-corrected chi connectivity index (χ4v) is 4.64. The van der Waals surface area contributed by atoms with E-state index in [9.17, 15) is 0 Å². The maximum Gasteiger partial charge on any atom is -0.0443 e. The molecule has 0 nitrogen and oxygen atoms in total. The van der Waals surface area contributed by atoms with Crippen LogP contribution in [0, 0.1) is 5.92 Å². The van der Waals surface area contributed by atoms with E-state index < -0.39 is 0 Å². The Bertz CT molecular complexity index is 269. The molecule has 0 fully saturated rings. The molecule has 0 aliphatic carbocycles. The molecule has 0 aliphatic heterocycles. The van der Waals surface area contributed by atoms with Crippen molar-refractivity contribution in [1.29, 1.82) is 0 Å². The molecule has 0 aromatic heterocycles. The molecule has 0 saturated heterocycles. The third-order valence-electron chi connectivity index (χ3n) is 6.85. The molecule has 0 N–H and O–H groups in total.